The van der Waals surface area contributed by atoms with E-state index in [4.69, 9.17) is 4.74 Å². The van der Waals surface area contributed by atoms with Gasteiger partial charge in [0.1, 0.15) is 0 Å². The fourth-order valence-electron chi connectivity index (χ4n) is 2.44. The topological polar surface area (TPSA) is 9.23 Å². The fourth-order valence-corrected chi connectivity index (χ4v) is 2.44. The molecule has 2 unspecified atom stereocenters. The van der Waals surface area contributed by atoms with Gasteiger partial charge in [-0.05, 0) is 26.3 Å². The summed E-state index contributed by atoms with van der Waals surface area (Å²) in [6.45, 7) is 6.46. The van der Waals surface area contributed by atoms with Crippen LogP contribution in [0.4, 0.5) is 0 Å². The van der Waals surface area contributed by atoms with Gasteiger partial charge in [-0.1, -0.05) is 42.0 Å². The minimum atomic E-state index is -0.153. The number of hydrogen-bond donors (Lipinski definition) is 0. The molecule has 1 aromatic rings. The highest BCUT2D eigenvalue weighted by Gasteiger charge is 2.32. The van der Waals surface area contributed by atoms with Crippen molar-refractivity contribution in [1.82, 2.24) is 0 Å². The Morgan fingerprint density at radius 3 is 2.53 bits per heavy atom. The molecule has 0 radical (unpaired) electrons. The molecule has 2 atom stereocenters. The third-order valence-corrected chi connectivity index (χ3v) is 2.97. The van der Waals surface area contributed by atoms with E-state index in [-0.39, 0.29) is 11.7 Å². The quantitative estimate of drug-likeness (QED) is 0.631. The molecule has 0 spiro atoms. The number of rotatable bonds is 1. The van der Waals surface area contributed by atoms with Gasteiger partial charge in [0.25, 0.3) is 0 Å². The van der Waals surface area contributed by atoms with Crippen LogP contribution in [-0.4, -0.2) is 6.10 Å². The van der Waals surface area contributed by atoms with Gasteiger partial charge in [-0.25, -0.2) is 0 Å². The lowest BCUT2D eigenvalue weighted by atomic mass is 9.86. The lowest BCUT2D eigenvalue weighted by Crippen LogP contribution is -2.33. The summed E-state index contributed by atoms with van der Waals surface area (Å²) in [5.41, 5.74) is 2.53. The predicted molar refractivity (Wildman–Crippen MR) is 62.7 cm³/mol. The zero-order valence-electron chi connectivity index (χ0n) is 9.66. The number of benzene rings is 1. The van der Waals surface area contributed by atoms with Crippen molar-refractivity contribution in [3.8, 4) is 0 Å². The van der Waals surface area contributed by atoms with Crippen LogP contribution in [0, 0.1) is 0 Å². The average Bonchev–Trinajstić information content (AvgIpc) is 2.17. The highest BCUT2D eigenvalue weighted by Crippen LogP contribution is 2.36. The van der Waals surface area contributed by atoms with E-state index in [9.17, 15) is 0 Å². The summed E-state index contributed by atoms with van der Waals surface area (Å²) < 4.78 is 6.05. The fraction of sp³-hybridized carbons (Fsp3) is 0.429. The molecule has 1 aliphatic heterocycles. The van der Waals surface area contributed by atoms with Crippen LogP contribution in [0.3, 0.4) is 0 Å². The van der Waals surface area contributed by atoms with Crippen LogP contribution in [0.25, 0.3) is 0 Å². The molecule has 0 bridgehead atoms. The minimum absolute atomic E-state index is 0.153. The van der Waals surface area contributed by atoms with E-state index in [1.807, 2.05) is 6.07 Å². The summed E-state index contributed by atoms with van der Waals surface area (Å²) in [5.74, 6) is 0. The molecule has 0 aromatic heterocycles. The van der Waals surface area contributed by atoms with E-state index >= 15 is 0 Å². The van der Waals surface area contributed by atoms with Crippen molar-refractivity contribution in [2.24, 2.45) is 0 Å². The molecular formula is C14H18O. The molecule has 0 amide bonds. The first kappa shape index (κ1) is 10.4. The molecule has 0 N–H and O–H groups in total. The molecular weight excluding hydrogens is 184 g/mol. The first-order chi connectivity index (χ1) is 7.10. The summed E-state index contributed by atoms with van der Waals surface area (Å²) in [4.78, 5) is 0. The maximum absolute atomic E-state index is 6.05. The Bertz CT molecular complexity index is 366. The lowest BCUT2D eigenvalue weighted by molar-refractivity contribution is -0.0707. The van der Waals surface area contributed by atoms with Gasteiger partial charge in [0, 0.05) is 6.42 Å². The summed E-state index contributed by atoms with van der Waals surface area (Å²) >= 11 is 0. The Morgan fingerprint density at radius 2 is 1.93 bits per heavy atom. The zero-order valence-corrected chi connectivity index (χ0v) is 9.66. The van der Waals surface area contributed by atoms with Gasteiger partial charge in [0.2, 0.25) is 0 Å². The van der Waals surface area contributed by atoms with Crippen molar-refractivity contribution in [2.45, 2.75) is 38.9 Å². The van der Waals surface area contributed by atoms with Gasteiger partial charge in [-0.15, -0.1) is 0 Å². The average molecular weight is 202 g/mol. The highest BCUT2D eigenvalue weighted by atomic mass is 16.5. The molecule has 0 saturated heterocycles. The monoisotopic (exact) mass is 202 g/mol. The minimum Gasteiger partial charge on any atom is -0.363 e. The van der Waals surface area contributed by atoms with Crippen LogP contribution in [0.15, 0.2) is 42.0 Å². The van der Waals surface area contributed by atoms with Crippen LogP contribution in [0.1, 0.15) is 32.8 Å². The van der Waals surface area contributed by atoms with Gasteiger partial charge < -0.3 is 4.74 Å². The van der Waals surface area contributed by atoms with Gasteiger partial charge in [-0.3, -0.25) is 0 Å². The molecule has 1 aromatic carbocycles. The van der Waals surface area contributed by atoms with Crippen LogP contribution in [0.2, 0.25) is 0 Å². The van der Waals surface area contributed by atoms with Crippen LogP contribution >= 0.6 is 0 Å². The Labute approximate surface area is 91.8 Å². The zero-order chi connectivity index (χ0) is 10.9. The lowest BCUT2D eigenvalue weighted by Gasteiger charge is -2.37. The van der Waals surface area contributed by atoms with E-state index in [1.165, 1.54) is 11.1 Å². The molecule has 80 valence electrons. The van der Waals surface area contributed by atoms with Crippen LogP contribution < -0.4 is 0 Å². The summed E-state index contributed by atoms with van der Waals surface area (Å²) in [7, 11) is 0. The van der Waals surface area contributed by atoms with E-state index in [0.29, 0.717) is 0 Å². The summed E-state index contributed by atoms with van der Waals surface area (Å²) in [5, 5.41) is 0. The van der Waals surface area contributed by atoms with Crippen molar-refractivity contribution in [3.63, 3.8) is 0 Å². The maximum Gasteiger partial charge on any atom is 0.0948 e. The predicted octanol–water partition coefficient (Wildman–Crippen LogP) is 3.66. The smallest absolute Gasteiger partial charge is 0.0948 e. The second-order valence-corrected chi connectivity index (χ2v) is 4.61. The van der Waals surface area contributed by atoms with Crippen LogP contribution in [-0.2, 0) is 10.3 Å². The van der Waals surface area contributed by atoms with Crippen molar-refractivity contribution in [1.29, 1.82) is 0 Å². The third-order valence-electron chi connectivity index (χ3n) is 2.97. The largest absolute Gasteiger partial charge is 0.363 e. The highest BCUT2D eigenvalue weighted by molar-refractivity contribution is 5.26. The van der Waals surface area contributed by atoms with Gasteiger partial charge in [-0.2, -0.15) is 0 Å². The molecule has 0 fully saturated rings. The summed E-state index contributed by atoms with van der Waals surface area (Å²) in [6.07, 6.45) is 3.40. The Kier molecular flexibility index (Phi) is 2.66. The van der Waals surface area contributed by atoms with Crippen molar-refractivity contribution < 1.29 is 4.74 Å². The second kappa shape index (κ2) is 3.82. The third kappa shape index (κ3) is 2.13. The van der Waals surface area contributed by atoms with E-state index in [1.54, 1.807) is 0 Å². The van der Waals surface area contributed by atoms with Gasteiger partial charge in [0.05, 0.1) is 11.7 Å². The number of ether oxygens (including phenoxy) is 1. The molecule has 0 saturated carbocycles. The SMILES string of the molecule is CC1=CC(C)OC(C)(c2ccccc2)C1. The van der Waals surface area contributed by atoms with E-state index in [2.05, 4.69) is 51.1 Å². The summed E-state index contributed by atoms with van der Waals surface area (Å²) in [6, 6.07) is 10.5. The Balaban J connectivity index is 2.33. The Hall–Kier alpha value is -1.08. The normalized spacial score (nSPS) is 31.1. The molecule has 1 heterocycles. The van der Waals surface area contributed by atoms with Crippen molar-refractivity contribution in [3.05, 3.63) is 47.5 Å². The molecule has 15 heavy (non-hydrogen) atoms. The first-order valence-corrected chi connectivity index (χ1v) is 5.51. The van der Waals surface area contributed by atoms with Gasteiger partial charge in [0.15, 0.2) is 0 Å². The van der Waals surface area contributed by atoms with Crippen LogP contribution in [0.5, 0.6) is 0 Å². The van der Waals surface area contributed by atoms with E-state index < -0.39 is 0 Å². The number of hydrogen-bond acceptors (Lipinski definition) is 1. The molecule has 1 aliphatic rings. The maximum atomic E-state index is 6.05. The van der Waals surface area contributed by atoms with Crippen molar-refractivity contribution >= 4 is 0 Å². The van der Waals surface area contributed by atoms with E-state index in [0.717, 1.165) is 6.42 Å². The molecule has 0 aliphatic carbocycles. The standard InChI is InChI=1S/C14H18O/c1-11-9-12(2)15-14(3,10-11)13-7-5-4-6-8-13/h4-9,12H,10H2,1-3H3. The van der Waals surface area contributed by atoms with Crippen molar-refractivity contribution in [2.75, 3.05) is 0 Å². The van der Waals surface area contributed by atoms with Gasteiger partial charge >= 0.3 is 0 Å². The first-order valence-electron chi connectivity index (χ1n) is 5.51. The second-order valence-electron chi connectivity index (χ2n) is 4.61. The molecule has 1 nitrogen and oxygen atoms in total. The molecule has 2 rings (SSSR count). The Morgan fingerprint density at radius 1 is 1.27 bits per heavy atom. The molecule has 1 heteroatoms.